The van der Waals surface area contributed by atoms with Crippen LogP contribution in [-0.2, 0) is 6.42 Å². The molecule has 1 heterocycles. The molecule has 3 nitrogen and oxygen atoms in total. The zero-order valence-electron chi connectivity index (χ0n) is 9.12. The minimum atomic E-state index is 0.594. The van der Waals surface area contributed by atoms with E-state index in [0.29, 0.717) is 4.77 Å². The summed E-state index contributed by atoms with van der Waals surface area (Å²) in [4.78, 5) is 0. The molecule has 0 radical (unpaired) electrons. The van der Waals surface area contributed by atoms with Gasteiger partial charge in [-0.2, -0.15) is 5.10 Å². The molecule has 0 aliphatic rings. The number of halogens is 1. The van der Waals surface area contributed by atoms with Gasteiger partial charge in [-0.15, -0.1) is 0 Å². The van der Waals surface area contributed by atoms with Gasteiger partial charge in [-0.3, -0.25) is 9.67 Å². The molecule has 0 saturated carbocycles. The Bertz CT molecular complexity index is 571. The molecular weight excluding hydrogens is 242 g/mol. The molecule has 0 atom stereocenters. The van der Waals surface area contributed by atoms with Gasteiger partial charge in [-0.05, 0) is 36.8 Å². The standard InChI is InChI=1S/C11H12ClN3S/c1-3-10-13-14-11(16)15(10)8-5-4-7(2)9(12)6-8/h4-6H,3H2,1-2H3,(H,14,16). The molecular formula is C11H12ClN3S. The van der Waals surface area contributed by atoms with Gasteiger partial charge >= 0.3 is 0 Å². The number of aromatic amines is 1. The van der Waals surface area contributed by atoms with Gasteiger partial charge < -0.3 is 0 Å². The van der Waals surface area contributed by atoms with E-state index in [4.69, 9.17) is 23.8 Å². The fourth-order valence-electron chi connectivity index (χ4n) is 1.55. The average molecular weight is 254 g/mol. The Hall–Kier alpha value is -1.13. The van der Waals surface area contributed by atoms with Gasteiger partial charge in [0.2, 0.25) is 0 Å². The maximum atomic E-state index is 6.10. The van der Waals surface area contributed by atoms with Crippen molar-refractivity contribution in [2.24, 2.45) is 0 Å². The second-order valence-corrected chi connectivity index (χ2v) is 4.36. The number of nitrogens with one attached hydrogen (secondary N) is 1. The molecule has 0 spiro atoms. The molecule has 0 fully saturated rings. The zero-order chi connectivity index (χ0) is 11.7. The van der Waals surface area contributed by atoms with E-state index in [1.165, 1.54) is 0 Å². The molecule has 84 valence electrons. The highest BCUT2D eigenvalue weighted by atomic mass is 35.5. The zero-order valence-corrected chi connectivity index (χ0v) is 10.7. The van der Waals surface area contributed by atoms with E-state index < -0.39 is 0 Å². The van der Waals surface area contributed by atoms with Crippen LogP contribution in [0, 0.1) is 11.7 Å². The molecule has 0 bridgehead atoms. The lowest BCUT2D eigenvalue weighted by molar-refractivity contribution is 0.880. The first-order chi connectivity index (χ1) is 7.63. The Balaban J connectivity index is 2.62. The molecule has 5 heteroatoms. The Morgan fingerprint density at radius 1 is 1.50 bits per heavy atom. The summed E-state index contributed by atoms with van der Waals surface area (Å²) in [6.45, 7) is 4.01. The van der Waals surface area contributed by atoms with Gasteiger partial charge in [0.1, 0.15) is 5.82 Å². The third kappa shape index (κ3) is 1.90. The Kier molecular flexibility index (Phi) is 3.12. The molecule has 0 saturated heterocycles. The highest BCUT2D eigenvalue weighted by molar-refractivity contribution is 7.71. The van der Waals surface area contributed by atoms with Crippen molar-refractivity contribution in [3.63, 3.8) is 0 Å². The van der Waals surface area contributed by atoms with Crippen LogP contribution in [0.4, 0.5) is 0 Å². The van der Waals surface area contributed by atoms with Crippen molar-refractivity contribution >= 4 is 23.8 Å². The summed E-state index contributed by atoms with van der Waals surface area (Å²) in [6.07, 6.45) is 0.818. The lowest BCUT2D eigenvalue weighted by Crippen LogP contribution is -2.00. The van der Waals surface area contributed by atoms with Crippen molar-refractivity contribution in [2.75, 3.05) is 0 Å². The normalized spacial score (nSPS) is 10.7. The molecule has 1 aromatic heterocycles. The van der Waals surface area contributed by atoms with Gasteiger partial charge in [0.25, 0.3) is 0 Å². The monoisotopic (exact) mass is 253 g/mol. The van der Waals surface area contributed by atoms with Crippen LogP contribution in [0.25, 0.3) is 5.69 Å². The summed E-state index contributed by atoms with van der Waals surface area (Å²) in [5.74, 6) is 0.907. The summed E-state index contributed by atoms with van der Waals surface area (Å²) in [6, 6.07) is 5.87. The van der Waals surface area contributed by atoms with E-state index >= 15 is 0 Å². The van der Waals surface area contributed by atoms with Crippen LogP contribution in [0.2, 0.25) is 5.02 Å². The van der Waals surface area contributed by atoms with Crippen LogP contribution < -0.4 is 0 Å². The number of benzene rings is 1. The van der Waals surface area contributed by atoms with Gasteiger partial charge in [0, 0.05) is 11.4 Å². The highest BCUT2D eigenvalue weighted by Crippen LogP contribution is 2.20. The van der Waals surface area contributed by atoms with E-state index in [1.54, 1.807) is 0 Å². The van der Waals surface area contributed by atoms with Crippen molar-refractivity contribution in [1.82, 2.24) is 14.8 Å². The smallest absolute Gasteiger partial charge is 0.199 e. The van der Waals surface area contributed by atoms with Crippen LogP contribution in [0.1, 0.15) is 18.3 Å². The summed E-state index contributed by atoms with van der Waals surface area (Å²) < 4.78 is 2.50. The molecule has 1 N–H and O–H groups in total. The van der Waals surface area contributed by atoms with E-state index in [1.807, 2.05) is 36.6 Å². The summed E-state index contributed by atoms with van der Waals surface area (Å²) in [5.41, 5.74) is 2.00. The lowest BCUT2D eigenvalue weighted by atomic mass is 10.2. The molecule has 0 aliphatic carbocycles. The van der Waals surface area contributed by atoms with E-state index in [2.05, 4.69) is 10.2 Å². The Morgan fingerprint density at radius 2 is 2.25 bits per heavy atom. The summed E-state index contributed by atoms with van der Waals surface area (Å²) in [5, 5.41) is 7.70. The molecule has 2 aromatic rings. The SMILES string of the molecule is CCc1n[nH]c(=S)n1-c1ccc(C)c(Cl)c1. The first-order valence-corrected chi connectivity index (χ1v) is 5.85. The Labute approximate surface area is 104 Å². The molecule has 0 unspecified atom stereocenters. The quantitative estimate of drug-likeness (QED) is 0.832. The van der Waals surface area contributed by atoms with E-state index in [-0.39, 0.29) is 0 Å². The molecule has 0 amide bonds. The average Bonchev–Trinajstić information content (AvgIpc) is 2.64. The predicted molar refractivity (Wildman–Crippen MR) is 67.9 cm³/mol. The second-order valence-electron chi connectivity index (χ2n) is 3.57. The van der Waals surface area contributed by atoms with E-state index in [0.717, 1.165) is 28.5 Å². The van der Waals surface area contributed by atoms with Crippen LogP contribution in [0.15, 0.2) is 18.2 Å². The fraction of sp³-hybridized carbons (Fsp3) is 0.273. The van der Waals surface area contributed by atoms with Gasteiger partial charge in [-0.25, -0.2) is 0 Å². The summed E-state index contributed by atoms with van der Waals surface area (Å²) in [7, 11) is 0. The maximum absolute atomic E-state index is 6.10. The van der Waals surface area contributed by atoms with Crippen LogP contribution in [0.5, 0.6) is 0 Å². The second kappa shape index (κ2) is 4.39. The molecule has 0 aliphatic heterocycles. The minimum absolute atomic E-state index is 0.594. The van der Waals surface area contributed by atoms with Crippen molar-refractivity contribution in [1.29, 1.82) is 0 Å². The number of hydrogen-bond donors (Lipinski definition) is 1. The molecule has 16 heavy (non-hydrogen) atoms. The number of hydrogen-bond acceptors (Lipinski definition) is 2. The molecule has 1 aromatic carbocycles. The predicted octanol–water partition coefficient (Wildman–Crippen LogP) is 3.45. The van der Waals surface area contributed by atoms with Crippen LogP contribution in [-0.4, -0.2) is 14.8 Å². The minimum Gasteiger partial charge on any atom is -0.272 e. The van der Waals surface area contributed by atoms with Crippen molar-refractivity contribution < 1.29 is 0 Å². The lowest BCUT2D eigenvalue weighted by Gasteiger charge is -2.07. The third-order valence-electron chi connectivity index (χ3n) is 2.47. The first-order valence-electron chi connectivity index (χ1n) is 5.06. The molecule has 2 rings (SSSR count). The van der Waals surface area contributed by atoms with Gasteiger partial charge in [0.15, 0.2) is 4.77 Å². The number of aryl methyl sites for hydroxylation is 2. The maximum Gasteiger partial charge on any atom is 0.199 e. The fourth-order valence-corrected chi connectivity index (χ4v) is 1.99. The van der Waals surface area contributed by atoms with Gasteiger partial charge in [-0.1, -0.05) is 24.6 Å². The highest BCUT2D eigenvalue weighted by Gasteiger charge is 2.07. The Morgan fingerprint density at radius 3 is 2.88 bits per heavy atom. The van der Waals surface area contributed by atoms with E-state index in [9.17, 15) is 0 Å². The van der Waals surface area contributed by atoms with Crippen LogP contribution >= 0.6 is 23.8 Å². The summed E-state index contributed by atoms with van der Waals surface area (Å²) >= 11 is 11.3. The van der Waals surface area contributed by atoms with Crippen LogP contribution in [0.3, 0.4) is 0 Å². The van der Waals surface area contributed by atoms with Crippen molar-refractivity contribution in [3.8, 4) is 5.69 Å². The van der Waals surface area contributed by atoms with Gasteiger partial charge in [0.05, 0.1) is 5.69 Å². The largest absolute Gasteiger partial charge is 0.272 e. The number of aromatic nitrogens is 3. The van der Waals surface area contributed by atoms with Crippen molar-refractivity contribution in [2.45, 2.75) is 20.3 Å². The third-order valence-corrected chi connectivity index (χ3v) is 3.15. The number of nitrogens with zero attached hydrogens (tertiary/aromatic N) is 2. The van der Waals surface area contributed by atoms with Crippen molar-refractivity contribution in [3.05, 3.63) is 39.4 Å². The number of H-pyrrole nitrogens is 1. The topological polar surface area (TPSA) is 33.6 Å². The number of rotatable bonds is 2. The first kappa shape index (κ1) is 11.4.